The van der Waals surface area contributed by atoms with Crippen LogP contribution >= 0.6 is 0 Å². The summed E-state index contributed by atoms with van der Waals surface area (Å²) in [7, 11) is 0. The highest BCUT2D eigenvalue weighted by molar-refractivity contribution is 5.66. The maximum absolute atomic E-state index is 11.2. The normalized spacial score (nSPS) is 13.0. The first-order valence-electron chi connectivity index (χ1n) is 10.6. The van der Waals surface area contributed by atoms with E-state index in [4.69, 9.17) is 0 Å². The Labute approximate surface area is 156 Å². The molecule has 1 aromatic carbocycles. The van der Waals surface area contributed by atoms with Crippen molar-refractivity contribution in [3.8, 4) is 0 Å². The minimum Gasteiger partial charge on any atom is -0.389 e. The molecule has 142 valence electrons. The lowest BCUT2D eigenvalue weighted by Gasteiger charge is -2.36. The number of hydrogen-bond donors (Lipinski definition) is 1. The van der Waals surface area contributed by atoms with Crippen molar-refractivity contribution >= 4 is 5.57 Å². The molecule has 0 bridgehead atoms. The molecule has 0 saturated carbocycles. The van der Waals surface area contributed by atoms with Crippen LogP contribution in [0.3, 0.4) is 0 Å². The van der Waals surface area contributed by atoms with E-state index in [-0.39, 0.29) is 5.92 Å². The Morgan fingerprint density at radius 3 is 1.92 bits per heavy atom. The summed E-state index contributed by atoms with van der Waals surface area (Å²) < 4.78 is 0. The lowest BCUT2D eigenvalue weighted by atomic mass is 9.74. The third-order valence-corrected chi connectivity index (χ3v) is 5.78. The van der Waals surface area contributed by atoms with Crippen LogP contribution in [0.5, 0.6) is 0 Å². The van der Waals surface area contributed by atoms with E-state index in [1.54, 1.807) is 0 Å². The zero-order valence-corrected chi connectivity index (χ0v) is 16.9. The van der Waals surface area contributed by atoms with Crippen molar-refractivity contribution < 1.29 is 5.11 Å². The fourth-order valence-electron chi connectivity index (χ4n) is 3.85. The molecule has 1 nitrogen and oxygen atoms in total. The topological polar surface area (TPSA) is 20.2 Å². The maximum Gasteiger partial charge on any atom is 0.0710 e. The minimum atomic E-state index is -0.631. The van der Waals surface area contributed by atoms with Crippen molar-refractivity contribution in [1.82, 2.24) is 0 Å². The summed E-state index contributed by atoms with van der Waals surface area (Å²) in [6, 6.07) is 10.4. The molecule has 0 fully saturated rings. The molecule has 0 radical (unpaired) electrons. The van der Waals surface area contributed by atoms with Gasteiger partial charge in [0.1, 0.15) is 0 Å². The Bertz CT molecular complexity index is 458. The zero-order chi connectivity index (χ0) is 18.5. The second-order valence-electron chi connectivity index (χ2n) is 7.52. The third-order valence-electron chi connectivity index (χ3n) is 5.78. The van der Waals surface area contributed by atoms with Gasteiger partial charge in [-0.25, -0.2) is 0 Å². The summed E-state index contributed by atoms with van der Waals surface area (Å²) in [6.45, 7) is 10.8. The average Bonchev–Trinajstić information content (AvgIpc) is 2.66. The first kappa shape index (κ1) is 22.0. The van der Waals surface area contributed by atoms with Crippen LogP contribution < -0.4 is 0 Å². The second-order valence-corrected chi connectivity index (χ2v) is 7.52. The molecule has 0 saturated heterocycles. The van der Waals surface area contributed by atoms with Crippen molar-refractivity contribution in [2.24, 2.45) is 5.92 Å². The SMILES string of the molecule is C=C(c1ccccc1)C(CCCCCCCCCC)C(O)(CC)CC. The van der Waals surface area contributed by atoms with E-state index >= 15 is 0 Å². The molecule has 25 heavy (non-hydrogen) atoms. The molecule has 1 unspecified atom stereocenters. The van der Waals surface area contributed by atoms with Gasteiger partial charge in [-0.05, 0) is 30.4 Å². The predicted octanol–water partition coefficient (Wildman–Crippen LogP) is 7.40. The van der Waals surface area contributed by atoms with Gasteiger partial charge in [0.15, 0.2) is 0 Å². The van der Waals surface area contributed by atoms with E-state index in [9.17, 15) is 5.11 Å². The quantitative estimate of drug-likeness (QED) is 0.349. The number of unbranched alkanes of at least 4 members (excludes halogenated alkanes) is 7. The predicted molar refractivity (Wildman–Crippen MR) is 112 cm³/mol. The van der Waals surface area contributed by atoms with E-state index in [0.717, 1.165) is 24.8 Å². The van der Waals surface area contributed by atoms with Gasteiger partial charge in [-0.3, -0.25) is 0 Å². The molecule has 1 heteroatoms. The highest BCUT2D eigenvalue weighted by atomic mass is 16.3. The molecule has 0 spiro atoms. The highest BCUT2D eigenvalue weighted by Crippen LogP contribution is 2.38. The van der Waals surface area contributed by atoms with Crippen molar-refractivity contribution in [1.29, 1.82) is 0 Å². The summed E-state index contributed by atoms with van der Waals surface area (Å²) in [5.74, 6) is 0.157. The number of aliphatic hydroxyl groups is 1. The fourth-order valence-corrected chi connectivity index (χ4v) is 3.85. The van der Waals surface area contributed by atoms with Crippen LogP contribution in [0.2, 0.25) is 0 Å². The van der Waals surface area contributed by atoms with E-state index < -0.39 is 5.60 Å². The van der Waals surface area contributed by atoms with Gasteiger partial charge in [-0.1, -0.05) is 109 Å². The van der Waals surface area contributed by atoms with Crippen LogP contribution in [0, 0.1) is 5.92 Å². The first-order valence-corrected chi connectivity index (χ1v) is 10.6. The molecule has 0 aliphatic carbocycles. The van der Waals surface area contributed by atoms with Gasteiger partial charge < -0.3 is 5.11 Å². The van der Waals surface area contributed by atoms with Crippen molar-refractivity contribution in [3.63, 3.8) is 0 Å². The van der Waals surface area contributed by atoms with E-state index in [0.29, 0.717) is 0 Å². The van der Waals surface area contributed by atoms with Crippen molar-refractivity contribution in [3.05, 3.63) is 42.5 Å². The van der Waals surface area contributed by atoms with Gasteiger partial charge >= 0.3 is 0 Å². The highest BCUT2D eigenvalue weighted by Gasteiger charge is 2.34. The molecule has 1 aromatic rings. The van der Waals surface area contributed by atoms with Crippen molar-refractivity contribution in [2.45, 2.75) is 97.0 Å². The Kier molecular flexibility index (Phi) is 10.8. The lowest BCUT2D eigenvalue weighted by Crippen LogP contribution is -2.37. The molecule has 1 rings (SSSR count). The van der Waals surface area contributed by atoms with Gasteiger partial charge in [-0.15, -0.1) is 0 Å². The smallest absolute Gasteiger partial charge is 0.0710 e. The molecule has 1 N–H and O–H groups in total. The van der Waals surface area contributed by atoms with Gasteiger partial charge in [0.2, 0.25) is 0 Å². The summed E-state index contributed by atoms with van der Waals surface area (Å²) in [4.78, 5) is 0. The van der Waals surface area contributed by atoms with E-state index in [1.165, 1.54) is 56.9 Å². The molecule has 0 aliphatic rings. The zero-order valence-electron chi connectivity index (χ0n) is 16.9. The van der Waals surface area contributed by atoms with Crippen LogP contribution in [0.15, 0.2) is 36.9 Å². The monoisotopic (exact) mass is 344 g/mol. The van der Waals surface area contributed by atoms with Gasteiger partial charge in [0.05, 0.1) is 5.60 Å². The fraction of sp³-hybridized carbons (Fsp3) is 0.667. The van der Waals surface area contributed by atoms with Crippen LogP contribution in [0.4, 0.5) is 0 Å². The Morgan fingerprint density at radius 1 is 0.880 bits per heavy atom. The summed E-state index contributed by atoms with van der Waals surface area (Å²) in [5, 5.41) is 11.2. The summed E-state index contributed by atoms with van der Waals surface area (Å²) in [6.07, 6.45) is 13.2. The second kappa shape index (κ2) is 12.3. The lowest BCUT2D eigenvalue weighted by molar-refractivity contribution is -0.00777. The van der Waals surface area contributed by atoms with Crippen LogP contribution in [0.1, 0.15) is 97.0 Å². The van der Waals surface area contributed by atoms with Gasteiger partial charge in [0, 0.05) is 5.92 Å². The Balaban J connectivity index is 2.57. The molecule has 0 heterocycles. The van der Waals surface area contributed by atoms with Crippen molar-refractivity contribution in [2.75, 3.05) is 0 Å². The standard InChI is InChI=1S/C24H40O/c1-5-8-9-10-11-12-13-17-20-23(24(25,6-2)7-3)21(4)22-18-15-14-16-19-22/h14-16,18-19,23,25H,4-13,17,20H2,1-3H3. The molecular weight excluding hydrogens is 304 g/mol. The van der Waals surface area contributed by atoms with Crippen LogP contribution in [-0.4, -0.2) is 10.7 Å². The molecule has 0 aromatic heterocycles. The molecule has 0 amide bonds. The molecule has 0 aliphatic heterocycles. The van der Waals surface area contributed by atoms with E-state index in [2.05, 4.69) is 51.6 Å². The first-order chi connectivity index (χ1) is 12.1. The third kappa shape index (κ3) is 7.36. The average molecular weight is 345 g/mol. The number of benzene rings is 1. The Morgan fingerprint density at radius 2 is 1.40 bits per heavy atom. The van der Waals surface area contributed by atoms with E-state index in [1.807, 2.05) is 6.07 Å². The summed E-state index contributed by atoms with van der Waals surface area (Å²) in [5.41, 5.74) is 1.65. The van der Waals surface area contributed by atoms with Crippen LogP contribution in [-0.2, 0) is 0 Å². The summed E-state index contributed by atoms with van der Waals surface area (Å²) >= 11 is 0. The van der Waals surface area contributed by atoms with Crippen LogP contribution in [0.25, 0.3) is 5.57 Å². The molecular formula is C24H40O. The number of rotatable bonds is 14. The molecule has 1 atom stereocenters. The number of hydrogen-bond acceptors (Lipinski definition) is 1. The van der Waals surface area contributed by atoms with Gasteiger partial charge in [0.25, 0.3) is 0 Å². The largest absolute Gasteiger partial charge is 0.389 e. The van der Waals surface area contributed by atoms with Gasteiger partial charge in [-0.2, -0.15) is 0 Å². The minimum absolute atomic E-state index is 0.157. The Hall–Kier alpha value is -1.08. The maximum atomic E-state index is 11.2.